The highest BCUT2D eigenvalue weighted by atomic mass is 31.2. The summed E-state index contributed by atoms with van der Waals surface area (Å²) in [6.07, 6.45) is 76.2. The van der Waals surface area contributed by atoms with Crippen LogP contribution in [0.25, 0.3) is 0 Å². The largest absolute Gasteiger partial charge is 0.756 e. The van der Waals surface area contributed by atoms with E-state index in [-0.39, 0.29) is 31.3 Å². The number of likely N-dealkylation sites (N-methyl/N-ethyl adjacent to an activating group) is 1. The molecule has 0 radical (unpaired) electrons. The quantitative estimate of drug-likeness (QED) is 0.0161. The van der Waals surface area contributed by atoms with Gasteiger partial charge in [-0.2, -0.15) is 0 Å². The van der Waals surface area contributed by atoms with Crippen LogP contribution in [-0.2, 0) is 27.9 Å². The van der Waals surface area contributed by atoms with E-state index in [2.05, 4.69) is 62.5 Å². The van der Waals surface area contributed by atoms with E-state index in [1.54, 1.807) is 0 Å². The van der Waals surface area contributed by atoms with Crippen molar-refractivity contribution in [3.63, 3.8) is 0 Å². The summed E-state index contributed by atoms with van der Waals surface area (Å²) in [6.45, 7) is 6.63. The normalized spacial score (nSPS) is 14.4. The maximum absolute atomic E-state index is 13.5. The van der Waals surface area contributed by atoms with Gasteiger partial charge in [-0.1, -0.05) is 265 Å². The fraction of sp³-hybridized carbons (Fsp3) is 0.701. The summed E-state index contributed by atoms with van der Waals surface area (Å²) in [5.74, 6) is -0.598. The number of phosphoric acid groups is 1. The molecule has 0 saturated carbocycles. The van der Waals surface area contributed by atoms with E-state index in [4.69, 9.17) is 13.8 Å². The first-order valence-corrected chi connectivity index (χ1v) is 32.7. The number of phosphoric ester groups is 1. The number of nitrogens with one attached hydrogen (secondary N) is 1. The Kier molecular flexibility index (Phi) is 53.5. The fourth-order valence-electron chi connectivity index (χ4n) is 8.52. The predicted molar refractivity (Wildman–Crippen MR) is 330 cm³/mol. The van der Waals surface area contributed by atoms with Crippen molar-refractivity contribution in [1.29, 1.82) is 0 Å². The average Bonchev–Trinajstić information content (AvgIpc) is 3.39. The molecule has 77 heavy (non-hydrogen) atoms. The monoisotopic (exact) mass is 1090 g/mol. The minimum atomic E-state index is -4.72. The number of esters is 1. The number of hydrogen-bond acceptors (Lipinski definition) is 7. The Hall–Kier alpha value is -3.33. The van der Waals surface area contributed by atoms with E-state index in [1.165, 1.54) is 135 Å². The Balaban J connectivity index is 5.34. The first-order valence-electron chi connectivity index (χ1n) is 31.3. The van der Waals surface area contributed by atoms with Crippen LogP contribution in [0.3, 0.4) is 0 Å². The lowest BCUT2D eigenvalue weighted by Crippen LogP contribution is -2.47. The lowest BCUT2D eigenvalue weighted by Gasteiger charge is -2.30. The van der Waals surface area contributed by atoms with Crippen LogP contribution in [0.2, 0.25) is 0 Å². The molecule has 0 fully saturated rings. The molecule has 3 atom stereocenters. The van der Waals surface area contributed by atoms with E-state index in [9.17, 15) is 19.0 Å². The Morgan fingerprint density at radius 3 is 1.39 bits per heavy atom. The number of ether oxygens (including phenoxy) is 1. The zero-order valence-electron chi connectivity index (χ0n) is 50.4. The van der Waals surface area contributed by atoms with Gasteiger partial charge in [0.05, 0.1) is 33.8 Å². The third-order valence-corrected chi connectivity index (χ3v) is 14.3. The number of carbonyl (C=O) groups excluding carboxylic acids is 2. The highest BCUT2D eigenvalue weighted by Gasteiger charge is 2.27. The molecule has 0 aliphatic heterocycles. The van der Waals surface area contributed by atoms with Gasteiger partial charge >= 0.3 is 5.97 Å². The van der Waals surface area contributed by atoms with E-state index in [0.29, 0.717) is 17.4 Å². The van der Waals surface area contributed by atoms with Gasteiger partial charge < -0.3 is 28.5 Å². The molecule has 442 valence electrons. The van der Waals surface area contributed by atoms with Gasteiger partial charge in [0.2, 0.25) is 5.91 Å². The minimum absolute atomic E-state index is 0.0371. The zero-order valence-corrected chi connectivity index (χ0v) is 51.3. The number of carbonyl (C=O) groups is 2. The van der Waals surface area contributed by atoms with Crippen LogP contribution in [0.4, 0.5) is 0 Å². The molecule has 0 heterocycles. The van der Waals surface area contributed by atoms with Gasteiger partial charge in [-0.3, -0.25) is 14.2 Å². The van der Waals surface area contributed by atoms with Crippen molar-refractivity contribution in [1.82, 2.24) is 5.32 Å². The van der Waals surface area contributed by atoms with Crippen LogP contribution in [-0.4, -0.2) is 69.4 Å². The summed E-state index contributed by atoms with van der Waals surface area (Å²) in [7, 11) is 1.14. The van der Waals surface area contributed by atoms with Gasteiger partial charge in [0.25, 0.3) is 7.82 Å². The van der Waals surface area contributed by atoms with Gasteiger partial charge in [0.15, 0.2) is 0 Å². The van der Waals surface area contributed by atoms with Crippen LogP contribution < -0.4 is 10.2 Å². The van der Waals surface area contributed by atoms with Gasteiger partial charge in [0, 0.05) is 12.8 Å². The van der Waals surface area contributed by atoms with Crippen molar-refractivity contribution in [2.24, 2.45) is 0 Å². The molecule has 1 N–H and O–H groups in total. The van der Waals surface area contributed by atoms with Crippen molar-refractivity contribution in [3.8, 4) is 0 Å². The summed E-state index contributed by atoms with van der Waals surface area (Å²) < 4.78 is 30.3. The molecule has 0 bridgehead atoms. The number of quaternary nitrogens is 1. The van der Waals surface area contributed by atoms with Crippen LogP contribution in [0.1, 0.15) is 252 Å². The molecule has 10 heteroatoms. The molecule has 0 rings (SSSR count). The number of hydrogen-bond donors (Lipinski definition) is 1. The van der Waals surface area contributed by atoms with Crippen molar-refractivity contribution in [2.45, 2.75) is 264 Å². The molecule has 0 aromatic rings. The smallest absolute Gasteiger partial charge is 0.306 e. The highest BCUT2D eigenvalue weighted by Crippen LogP contribution is 2.38. The van der Waals surface area contributed by atoms with Crippen LogP contribution in [0, 0.1) is 0 Å². The summed E-state index contributed by atoms with van der Waals surface area (Å²) in [5.41, 5.74) is 0. The number of nitrogens with zero attached hydrogens (tertiary/aromatic N) is 1. The summed E-state index contributed by atoms with van der Waals surface area (Å²) in [6, 6.07) is -0.919. The van der Waals surface area contributed by atoms with Crippen molar-refractivity contribution in [2.75, 3.05) is 40.9 Å². The van der Waals surface area contributed by atoms with E-state index in [1.807, 2.05) is 94.1 Å². The molecule has 0 saturated heterocycles. The first-order chi connectivity index (χ1) is 37.4. The Labute approximate surface area is 474 Å². The van der Waals surface area contributed by atoms with Crippen molar-refractivity contribution < 1.29 is 37.3 Å². The minimum Gasteiger partial charge on any atom is -0.756 e. The standard InChI is InChI=1S/C67H117N2O7P/c1-7-10-13-16-19-22-25-28-30-32-33-34-35-37-39-42-45-48-51-54-57-60-67(71)76-65(58-55-52-49-46-43-40-27-24-21-18-15-12-9-3)64(63-75-77(72,73)74-62-61-69(4,5)6)68-66(70)59-56-53-50-47-44-41-38-36-31-29-26-23-20-17-14-11-8-2/h11,14,17,19-20,22-23,26,28-31,36,38,41,44,55,58,64-65H,7-10,12-13,15-16,18,21,24-25,27,32-35,37,39-40,42-43,45-54,56-57,59-63H2,1-6H3,(H-,68,70,72,73)/b14-11-,20-17+,22-19-,26-23+,30-28-,31-29-,38-36+,44-41+,58-55+. The third kappa shape index (κ3) is 57.2. The first kappa shape index (κ1) is 73.7. The lowest BCUT2D eigenvalue weighted by atomic mass is 10.0. The molecule has 0 aliphatic carbocycles. The van der Waals surface area contributed by atoms with Gasteiger partial charge in [-0.15, -0.1) is 0 Å². The maximum atomic E-state index is 13.5. The number of unbranched alkanes of at least 4 members (excludes halogenated alkanes) is 28. The SMILES string of the molecule is CC\C=C/C=C/C=C/C=C\C=C\C=C\CCCCCC(=O)NC(COP(=O)([O-])OCC[N+](C)(C)C)C(/C=C/CCCCCCCCCCCCC)OC(=O)CCCCCCCCCCCCC/C=C\C/C=C\CCCCC. The molecule has 1 amide bonds. The summed E-state index contributed by atoms with van der Waals surface area (Å²) >= 11 is 0. The van der Waals surface area contributed by atoms with E-state index < -0.39 is 26.6 Å². The Morgan fingerprint density at radius 2 is 0.883 bits per heavy atom. The maximum Gasteiger partial charge on any atom is 0.306 e. The van der Waals surface area contributed by atoms with Crippen LogP contribution >= 0.6 is 7.82 Å². The second-order valence-electron chi connectivity index (χ2n) is 22.0. The molecule has 0 aromatic heterocycles. The molecule has 0 aromatic carbocycles. The van der Waals surface area contributed by atoms with Crippen molar-refractivity contribution in [3.05, 3.63) is 109 Å². The van der Waals surface area contributed by atoms with Gasteiger partial charge in [-0.05, 0) is 83.1 Å². The summed E-state index contributed by atoms with van der Waals surface area (Å²) in [5, 5.41) is 3.00. The fourth-order valence-corrected chi connectivity index (χ4v) is 9.25. The highest BCUT2D eigenvalue weighted by molar-refractivity contribution is 7.45. The number of rotatable bonds is 55. The van der Waals surface area contributed by atoms with E-state index in [0.717, 1.165) is 77.0 Å². The topological polar surface area (TPSA) is 114 Å². The molecular weight excluding hydrogens is 976 g/mol. The second kappa shape index (κ2) is 56.0. The molecular formula is C67H117N2O7P. The Morgan fingerprint density at radius 1 is 0.481 bits per heavy atom. The van der Waals surface area contributed by atoms with Gasteiger partial charge in [-0.25, -0.2) is 0 Å². The molecule has 0 spiro atoms. The molecule has 3 unspecified atom stereocenters. The zero-order chi connectivity index (χ0) is 56.4. The molecule has 0 aliphatic rings. The van der Waals surface area contributed by atoms with Crippen LogP contribution in [0.15, 0.2) is 109 Å². The van der Waals surface area contributed by atoms with Crippen molar-refractivity contribution >= 4 is 19.7 Å². The average molecular weight is 1090 g/mol. The Bertz CT molecular complexity index is 1690. The number of allylic oxidation sites excluding steroid dienone is 17. The van der Waals surface area contributed by atoms with Gasteiger partial charge in [0.1, 0.15) is 19.3 Å². The van der Waals surface area contributed by atoms with E-state index >= 15 is 0 Å². The lowest BCUT2D eigenvalue weighted by molar-refractivity contribution is -0.870. The second-order valence-corrected chi connectivity index (χ2v) is 23.4. The summed E-state index contributed by atoms with van der Waals surface area (Å²) in [4.78, 5) is 40.0. The number of amides is 1. The third-order valence-electron chi connectivity index (χ3n) is 13.3. The molecule has 9 nitrogen and oxygen atoms in total. The predicted octanol–water partition coefficient (Wildman–Crippen LogP) is 18.7. The van der Waals surface area contributed by atoms with Crippen LogP contribution in [0.5, 0.6) is 0 Å².